The molecule has 0 spiro atoms. The van der Waals surface area contributed by atoms with Crippen LogP contribution in [0.4, 0.5) is 0 Å². The number of carbonyl (C=O) groups is 1. The van der Waals surface area contributed by atoms with Crippen molar-refractivity contribution in [2.24, 2.45) is 0 Å². The van der Waals surface area contributed by atoms with Gasteiger partial charge < -0.3 is 19.2 Å². The minimum absolute atomic E-state index is 0.0173. The van der Waals surface area contributed by atoms with E-state index in [1.807, 2.05) is 22.9 Å². The van der Waals surface area contributed by atoms with Crippen LogP contribution in [0.25, 0.3) is 11.5 Å². The summed E-state index contributed by atoms with van der Waals surface area (Å²) in [6.45, 7) is 0.310. The van der Waals surface area contributed by atoms with Gasteiger partial charge in [-0.05, 0) is 29.6 Å². The molecule has 3 aromatic rings. The van der Waals surface area contributed by atoms with E-state index in [1.54, 1.807) is 37.7 Å². The van der Waals surface area contributed by atoms with Gasteiger partial charge in [0.1, 0.15) is 17.9 Å². The molecule has 0 saturated heterocycles. The third-order valence-electron chi connectivity index (χ3n) is 3.51. The summed E-state index contributed by atoms with van der Waals surface area (Å²) < 4.78 is 16.0. The summed E-state index contributed by atoms with van der Waals surface area (Å²) in [6, 6.07) is 7.30. The number of aromatic nitrogens is 2. The molecule has 0 bridgehead atoms. The summed E-state index contributed by atoms with van der Waals surface area (Å²) in [5.74, 6) is 1.85. The van der Waals surface area contributed by atoms with Crippen LogP contribution in [0.15, 0.2) is 39.4 Å². The Balaban J connectivity index is 1.60. The van der Waals surface area contributed by atoms with Gasteiger partial charge >= 0.3 is 0 Å². The Hall–Kier alpha value is -2.87. The number of methoxy groups -OCH3 is 2. The molecule has 0 aliphatic carbocycles. The lowest BCUT2D eigenvalue weighted by Gasteiger charge is -2.11. The number of benzene rings is 1. The SMILES string of the molecule is COc1ccc(OC)c(CNC(=O)Cc2nnc(-c3ccsc3)o2)c1. The van der Waals surface area contributed by atoms with Crippen molar-refractivity contribution in [1.29, 1.82) is 0 Å². The van der Waals surface area contributed by atoms with E-state index in [1.165, 1.54) is 0 Å². The summed E-state index contributed by atoms with van der Waals surface area (Å²) in [5.41, 5.74) is 1.67. The maximum Gasteiger partial charge on any atom is 0.248 e. The molecule has 2 heterocycles. The third kappa shape index (κ3) is 4.16. The Morgan fingerprint density at radius 3 is 2.84 bits per heavy atom. The number of amides is 1. The quantitative estimate of drug-likeness (QED) is 0.698. The number of rotatable bonds is 7. The monoisotopic (exact) mass is 359 g/mol. The molecule has 0 atom stereocenters. The predicted octanol–water partition coefficient (Wildman–Crippen LogP) is 2.67. The van der Waals surface area contributed by atoms with Crippen molar-refractivity contribution in [2.75, 3.05) is 14.2 Å². The zero-order chi connectivity index (χ0) is 17.6. The van der Waals surface area contributed by atoms with Crippen LogP contribution in [0.1, 0.15) is 11.5 Å². The van der Waals surface area contributed by atoms with E-state index >= 15 is 0 Å². The number of nitrogens with one attached hydrogen (secondary N) is 1. The summed E-state index contributed by atoms with van der Waals surface area (Å²) >= 11 is 1.54. The van der Waals surface area contributed by atoms with Gasteiger partial charge in [-0.2, -0.15) is 11.3 Å². The van der Waals surface area contributed by atoms with Crippen LogP contribution in [-0.2, 0) is 17.8 Å². The average Bonchev–Trinajstić information content (AvgIpc) is 3.31. The Kier molecular flexibility index (Phi) is 5.30. The van der Waals surface area contributed by atoms with Crippen molar-refractivity contribution in [3.63, 3.8) is 0 Å². The second-order valence-electron chi connectivity index (χ2n) is 5.14. The van der Waals surface area contributed by atoms with Gasteiger partial charge in [0.15, 0.2) is 0 Å². The van der Waals surface area contributed by atoms with E-state index in [4.69, 9.17) is 13.9 Å². The third-order valence-corrected chi connectivity index (χ3v) is 4.19. The van der Waals surface area contributed by atoms with Crippen LogP contribution in [-0.4, -0.2) is 30.3 Å². The van der Waals surface area contributed by atoms with Crippen LogP contribution in [0.5, 0.6) is 11.5 Å². The highest BCUT2D eigenvalue weighted by atomic mass is 32.1. The van der Waals surface area contributed by atoms with Crippen molar-refractivity contribution in [1.82, 2.24) is 15.5 Å². The second kappa shape index (κ2) is 7.80. The Labute approximate surface area is 148 Å². The maximum absolute atomic E-state index is 12.1. The van der Waals surface area contributed by atoms with Crippen molar-refractivity contribution < 1.29 is 18.7 Å². The van der Waals surface area contributed by atoms with Crippen LogP contribution in [0.2, 0.25) is 0 Å². The maximum atomic E-state index is 12.1. The molecular formula is C17H17N3O4S. The van der Waals surface area contributed by atoms with Crippen molar-refractivity contribution in [3.05, 3.63) is 46.5 Å². The lowest BCUT2D eigenvalue weighted by molar-refractivity contribution is -0.120. The van der Waals surface area contributed by atoms with Crippen LogP contribution < -0.4 is 14.8 Å². The number of nitrogens with zero attached hydrogens (tertiary/aromatic N) is 2. The predicted molar refractivity (Wildman–Crippen MR) is 92.7 cm³/mol. The van der Waals surface area contributed by atoms with Crippen molar-refractivity contribution >= 4 is 17.2 Å². The van der Waals surface area contributed by atoms with Gasteiger partial charge in [-0.15, -0.1) is 10.2 Å². The van der Waals surface area contributed by atoms with Gasteiger partial charge in [-0.3, -0.25) is 4.79 Å². The van der Waals surface area contributed by atoms with E-state index in [2.05, 4.69) is 15.5 Å². The topological polar surface area (TPSA) is 86.5 Å². The largest absolute Gasteiger partial charge is 0.497 e. The Bertz CT molecular complexity index is 845. The zero-order valence-corrected chi connectivity index (χ0v) is 14.6. The van der Waals surface area contributed by atoms with Gasteiger partial charge in [-0.25, -0.2) is 0 Å². The van der Waals surface area contributed by atoms with Gasteiger partial charge in [0.05, 0.1) is 14.2 Å². The molecule has 1 N–H and O–H groups in total. The fourth-order valence-electron chi connectivity index (χ4n) is 2.24. The van der Waals surface area contributed by atoms with Crippen molar-refractivity contribution in [2.45, 2.75) is 13.0 Å². The summed E-state index contributed by atoms with van der Waals surface area (Å²) in [5, 5.41) is 14.5. The molecule has 0 unspecified atom stereocenters. The zero-order valence-electron chi connectivity index (χ0n) is 13.8. The lowest BCUT2D eigenvalue weighted by Crippen LogP contribution is -2.25. The normalized spacial score (nSPS) is 10.5. The Morgan fingerprint density at radius 1 is 1.24 bits per heavy atom. The van der Waals surface area contributed by atoms with Crippen LogP contribution >= 0.6 is 11.3 Å². The summed E-state index contributed by atoms with van der Waals surface area (Å²) in [4.78, 5) is 12.1. The first kappa shape index (κ1) is 17.0. The molecule has 7 nitrogen and oxygen atoms in total. The molecule has 1 amide bonds. The average molecular weight is 359 g/mol. The number of hydrogen-bond donors (Lipinski definition) is 1. The van der Waals surface area contributed by atoms with E-state index in [0.717, 1.165) is 11.1 Å². The molecule has 8 heteroatoms. The second-order valence-corrected chi connectivity index (χ2v) is 5.92. The standard InChI is InChI=1S/C17H17N3O4S/c1-22-13-3-4-14(23-2)12(7-13)9-18-15(21)8-16-19-20-17(24-16)11-5-6-25-10-11/h3-7,10H,8-9H2,1-2H3,(H,18,21). The number of ether oxygens (including phenoxy) is 2. The van der Waals surface area contributed by atoms with E-state index in [9.17, 15) is 4.79 Å². The molecule has 0 fully saturated rings. The molecule has 3 rings (SSSR count). The Morgan fingerprint density at radius 2 is 2.12 bits per heavy atom. The van der Waals surface area contributed by atoms with Gasteiger partial charge in [0.25, 0.3) is 0 Å². The fraction of sp³-hybridized carbons (Fsp3) is 0.235. The van der Waals surface area contributed by atoms with Crippen LogP contribution in [0.3, 0.4) is 0 Å². The van der Waals surface area contributed by atoms with Gasteiger partial charge in [0, 0.05) is 23.1 Å². The highest BCUT2D eigenvalue weighted by Gasteiger charge is 2.13. The lowest BCUT2D eigenvalue weighted by atomic mass is 10.2. The minimum atomic E-state index is -0.217. The highest BCUT2D eigenvalue weighted by Crippen LogP contribution is 2.24. The minimum Gasteiger partial charge on any atom is -0.497 e. The molecule has 1 aromatic carbocycles. The smallest absolute Gasteiger partial charge is 0.248 e. The molecule has 0 aliphatic heterocycles. The highest BCUT2D eigenvalue weighted by molar-refractivity contribution is 7.08. The molecular weight excluding hydrogens is 342 g/mol. The fourth-order valence-corrected chi connectivity index (χ4v) is 2.87. The summed E-state index contributed by atoms with van der Waals surface area (Å²) in [6.07, 6.45) is 0.0173. The number of hydrogen-bond acceptors (Lipinski definition) is 7. The van der Waals surface area contributed by atoms with Crippen molar-refractivity contribution in [3.8, 4) is 23.0 Å². The first-order valence-electron chi connectivity index (χ1n) is 7.52. The number of thiophene rings is 1. The molecule has 0 radical (unpaired) electrons. The van der Waals surface area contributed by atoms with E-state index < -0.39 is 0 Å². The first-order chi connectivity index (χ1) is 12.2. The summed E-state index contributed by atoms with van der Waals surface area (Å²) in [7, 11) is 3.17. The molecule has 0 aliphatic rings. The van der Waals surface area contributed by atoms with E-state index in [0.29, 0.717) is 23.9 Å². The molecule has 2 aromatic heterocycles. The van der Waals surface area contributed by atoms with Gasteiger partial charge in [0.2, 0.25) is 17.7 Å². The molecule has 25 heavy (non-hydrogen) atoms. The number of carbonyl (C=O) groups excluding carboxylic acids is 1. The molecule has 0 saturated carbocycles. The molecule has 130 valence electrons. The van der Waals surface area contributed by atoms with Gasteiger partial charge in [-0.1, -0.05) is 0 Å². The van der Waals surface area contributed by atoms with E-state index in [-0.39, 0.29) is 18.2 Å². The first-order valence-corrected chi connectivity index (χ1v) is 8.46. The van der Waals surface area contributed by atoms with Crippen LogP contribution in [0, 0.1) is 0 Å².